The molecule has 9 aromatic carbocycles. The molecule has 0 radical (unpaired) electrons. The summed E-state index contributed by atoms with van der Waals surface area (Å²) in [6.45, 7) is 0. The molecule has 0 saturated heterocycles. The minimum absolute atomic E-state index is 0.543. The van der Waals surface area contributed by atoms with Gasteiger partial charge in [0.1, 0.15) is 0 Å². The number of aromatic nitrogens is 6. The molecule has 4 aromatic heterocycles. The van der Waals surface area contributed by atoms with Crippen LogP contribution in [-0.4, -0.2) is 29.1 Å². The van der Waals surface area contributed by atoms with E-state index < -0.39 is 0 Å². The molecule has 0 unspecified atom stereocenters. The molecule has 0 bridgehead atoms. The first kappa shape index (κ1) is 39.1. The predicted molar refractivity (Wildman–Crippen MR) is 279 cm³/mol. The van der Waals surface area contributed by atoms with Gasteiger partial charge in [-0.25, -0.2) is 15.0 Å². The zero-order valence-electron chi connectivity index (χ0n) is 36.8. The first-order chi connectivity index (χ1) is 33.7. The van der Waals surface area contributed by atoms with E-state index in [1.807, 2.05) is 36.5 Å². The van der Waals surface area contributed by atoms with Gasteiger partial charge in [0.15, 0.2) is 17.5 Å². The van der Waals surface area contributed by atoms with Gasteiger partial charge >= 0.3 is 0 Å². The van der Waals surface area contributed by atoms with Crippen molar-refractivity contribution in [3.05, 3.63) is 243 Å². The summed E-state index contributed by atoms with van der Waals surface area (Å²) in [5, 5.41) is 4.84. The number of hydrogen-bond donors (Lipinski definition) is 0. The Balaban J connectivity index is 0.972. The fourth-order valence-corrected chi connectivity index (χ4v) is 9.94. The average molecular weight is 869 g/mol. The second-order valence-electron chi connectivity index (χ2n) is 17.0. The van der Waals surface area contributed by atoms with Crippen molar-refractivity contribution < 1.29 is 0 Å². The molecule has 318 valence electrons. The average Bonchev–Trinajstić information content (AvgIpc) is 3.94. The highest BCUT2D eigenvalue weighted by Crippen LogP contribution is 2.42. The largest absolute Gasteiger partial charge is 0.309 e. The van der Waals surface area contributed by atoms with Gasteiger partial charge in [-0.05, 0) is 65.7 Å². The first-order valence-electron chi connectivity index (χ1n) is 22.9. The van der Waals surface area contributed by atoms with Crippen LogP contribution < -0.4 is 0 Å². The first-order valence-corrected chi connectivity index (χ1v) is 22.9. The van der Waals surface area contributed by atoms with E-state index in [9.17, 15) is 0 Å². The van der Waals surface area contributed by atoms with Gasteiger partial charge in [0.05, 0.1) is 39.1 Å². The van der Waals surface area contributed by atoms with Crippen molar-refractivity contribution in [3.63, 3.8) is 0 Å². The second-order valence-corrected chi connectivity index (χ2v) is 17.0. The van der Waals surface area contributed by atoms with E-state index in [2.05, 4.69) is 215 Å². The third-order valence-corrected chi connectivity index (χ3v) is 13.1. The Labute approximate surface area is 392 Å². The number of hydrogen-bond acceptors (Lipinski definition) is 4. The van der Waals surface area contributed by atoms with Crippen LogP contribution in [0.2, 0.25) is 0 Å². The fraction of sp³-hybridized carbons (Fsp3) is 0. The van der Waals surface area contributed by atoms with Crippen molar-refractivity contribution >= 4 is 43.6 Å². The van der Waals surface area contributed by atoms with Crippen molar-refractivity contribution in [2.75, 3.05) is 0 Å². The molecule has 0 atom stereocenters. The van der Waals surface area contributed by atoms with Gasteiger partial charge in [-0.1, -0.05) is 182 Å². The van der Waals surface area contributed by atoms with E-state index in [4.69, 9.17) is 19.9 Å². The molecule has 13 rings (SSSR count). The monoisotopic (exact) mass is 868 g/mol. The minimum atomic E-state index is 0.543. The highest BCUT2D eigenvalue weighted by Gasteiger charge is 2.22. The smallest absolute Gasteiger partial charge is 0.165 e. The summed E-state index contributed by atoms with van der Waals surface area (Å²) in [6.07, 6.45) is 1.90. The molecule has 6 nitrogen and oxygen atoms in total. The van der Waals surface area contributed by atoms with Crippen LogP contribution >= 0.6 is 0 Å². The standard InChI is InChI=1S/C62H40N6/c1-4-19-41(20-5-1)46-29-18-30-51(59(46)68-56-33-16-12-27-49(56)50-28-13-17-34-57(50)68)53-37-35-45(40-63-53)62-65-60(43-23-8-3-9-24-43)64-61(66-62)44-36-38-58(52(39-44)42-21-6-2-7-22-42)67-54-31-14-10-25-47(54)48-26-11-15-32-55(48)67/h1-40H. The SMILES string of the molecule is c1ccc(-c2nc(-c3ccc(-c4cccc(-c5ccccc5)c4-n4c5ccccc5c5ccccc54)nc3)nc(-c3ccc(-n4c5ccccc5c5ccccc54)c(-c4ccccc4)c3)n2)cc1. The highest BCUT2D eigenvalue weighted by molar-refractivity contribution is 6.11. The van der Waals surface area contributed by atoms with Crippen LogP contribution in [0.1, 0.15) is 0 Å². The van der Waals surface area contributed by atoms with E-state index in [1.54, 1.807) is 0 Å². The lowest BCUT2D eigenvalue weighted by Gasteiger charge is -2.19. The van der Waals surface area contributed by atoms with E-state index >= 15 is 0 Å². The van der Waals surface area contributed by atoms with Gasteiger partial charge in [-0.2, -0.15) is 0 Å². The third-order valence-electron chi connectivity index (χ3n) is 13.1. The van der Waals surface area contributed by atoms with Gasteiger partial charge in [0, 0.05) is 61.1 Å². The van der Waals surface area contributed by atoms with Crippen molar-refractivity contribution in [2.24, 2.45) is 0 Å². The lowest BCUT2D eigenvalue weighted by atomic mass is 9.97. The molecule has 4 heterocycles. The number of benzene rings is 9. The van der Waals surface area contributed by atoms with Gasteiger partial charge in [-0.15, -0.1) is 0 Å². The molecule has 0 fully saturated rings. The zero-order chi connectivity index (χ0) is 45.0. The van der Waals surface area contributed by atoms with Gasteiger partial charge < -0.3 is 9.13 Å². The Bertz CT molecular complexity index is 3900. The molecule has 0 spiro atoms. The maximum atomic E-state index is 5.24. The maximum absolute atomic E-state index is 5.24. The van der Waals surface area contributed by atoms with Crippen molar-refractivity contribution in [1.29, 1.82) is 0 Å². The van der Waals surface area contributed by atoms with Crippen molar-refractivity contribution in [1.82, 2.24) is 29.1 Å². The van der Waals surface area contributed by atoms with E-state index in [-0.39, 0.29) is 0 Å². The number of rotatable bonds is 8. The molecule has 0 aliphatic heterocycles. The van der Waals surface area contributed by atoms with Crippen molar-refractivity contribution in [2.45, 2.75) is 0 Å². The van der Waals surface area contributed by atoms with Crippen LogP contribution in [-0.2, 0) is 0 Å². The number of fused-ring (bicyclic) bond motifs is 6. The Hall–Kier alpha value is -9.26. The third kappa shape index (κ3) is 6.58. The summed E-state index contributed by atoms with van der Waals surface area (Å²) in [7, 11) is 0. The summed E-state index contributed by atoms with van der Waals surface area (Å²) in [4.78, 5) is 20.7. The Morgan fingerprint density at radius 2 is 0.706 bits per heavy atom. The molecule has 0 aliphatic rings. The van der Waals surface area contributed by atoms with Crippen LogP contribution in [0.4, 0.5) is 0 Å². The molecule has 68 heavy (non-hydrogen) atoms. The van der Waals surface area contributed by atoms with Gasteiger partial charge in [0.25, 0.3) is 0 Å². The highest BCUT2D eigenvalue weighted by atomic mass is 15.0. The number of para-hydroxylation sites is 5. The Morgan fingerprint density at radius 3 is 1.24 bits per heavy atom. The summed E-state index contributed by atoms with van der Waals surface area (Å²) >= 11 is 0. The van der Waals surface area contributed by atoms with Crippen LogP contribution in [0.5, 0.6) is 0 Å². The van der Waals surface area contributed by atoms with Crippen LogP contribution in [0.3, 0.4) is 0 Å². The van der Waals surface area contributed by atoms with Gasteiger partial charge in [0.2, 0.25) is 0 Å². The zero-order valence-corrected chi connectivity index (χ0v) is 36.8. The summed E-state index contributed by atoms with van der Waals surface area (Å²) in [6, 6.07) is 83.1. The summed E-state index contributed by atoms with van der Waals surface area (Å²) < 4.78 is 4.78. The fourth-order valence-electron chi connectivity index (χ4n) is 9.94. The van der Waals surface area contributed by atoms with Crippen LogP contribution in [0.25, 0.3) is 123 Å². The Morgan fingerprint density at radius 1 is 0.279 bits per heavy atom. The normalized spacial score (nSPS) is 11.5. The predicted octanol–water partition coefficient (Wildman–Crippen LogP) is 15.5. The van der Waals surface area contributed by atoms with Crippen molar-refractivity contribution in [3.8, 4) is 79.0 Å². The molecular formula is C62H40N6. The maximum Gasteiger partial charge on any atom is 0.165 e. The molecule has 6 heteroatoms. The number of nitrogens with zero attached hydrogens (tertiary/aromatic N) is 6. The summed E-state index contributed by atoms with van der Waals surface area (Å²) in [5.41, 5.74) is 15.6. The lowest BCUT2D eigenvalue weighted by molar-refractivity contribution is 1.07. The molecule has 0 N–H and O–H groups in total. The van der Waals surface area contributed by atoms with E-state index in [0.717, 1.165) is 83.6 Å². The molecule has 0 amide bonds. The molecule has 0 saturated carbocycles. The number of pyridine rings is 1. The lowest BCUT2D eigenvalue weighted by Crippen LogP contribution is -2.03. The Kier molecular flexibility index (Phi) is 9.39. The van der Waals surface area contributed by atoms with Crippen LogP contribution in [0, 0.1) is 0 Å². The molecular weight excluding hydrogens is 829 g/mol. The van der Waals surface area contributed by atoms with Crippen LogP contribution in [0.15, 0.2) is 243 Å². The van der Waals surface area contributed by atoms with E-state index in [0.29, 0.717) is 17.5 Å². The second kappa shape index (κ2) is 16.3. The van der Waals surface area contributed by atoms with E-state index in [1.165, 1.54) is 21.5 Å². The molecule has 0 aliphatic carbocycles. The molecule has 13 aromatic rings. The minimum Gasteiger partial charge on any atom is -0.309 e. The van der Waals surface area contributed by atoms with Gasteiger partial charge in [-0.3, -0.25) is 4.98 Å². The summed E-state index contributed by atoms with van der Waals surface area (Å²) in [5.74, 6) is 1.71. The quantitative estimate of drug-likeness (QED) is 0.153. The topological polar surface area (TPSA) is 61.4 Å².